The van der Waals surface area contributed by atoms with Crippen LogP contribution in [-0.4, -0.2) is 62.1 Å². The number of carbonyl (C=O) groups excluding carboxylic acids is 1. The number of hydrogen-bond donors (Lipinski definition) is 2. The third-order valence-corrected chi connectivity index (χ3v) is 7.13. The molecule has 0 saturated carbocycles. The van der Waals surface area contributed by atoms with E-state index in [1.165, 1.54) is 10.5 Å². The monoisotopic (exact) mass is 412 g/mol. The number of thiazole rings is 1. The van der Waals surface area contributed by atoms with Gasteiger partial charge in [0.15, 0.2) is 5.13 Å². The van der Waals surface area contributed by atoms with Crippen LogP contribution in [0, 0.1) is 0 Å². The van der Waals surface area contributed by atoms with Gasteiger partial charge >= 0.3 is 0 Å². The Morgan fingerprint density at radius 1 is 1.33 bits per heavy atom. The Bertz CT molecular complexity index is 907. The quantitative estimate of drug-likeness (QED) is 0.536. The molecule has 2 heterocycles. The highest BCUT2D eigenvalue weighted by Crippen LogP contribution is 2.25. The lowest BCUT2D eigenvalue weighted by molar-refractivity contribution is 0.0710. The van der Waals surface area contributed by atoms with Crippen LogP contribution in [0.3, 0.4) is 0 Å². The Labute approximate surface area is 161 Å². The molecule has 0 unspecified atom stereocenters. The average Bonchev–Trinajstić information content (AvgIpc) is 3.18. The van der Waals surface area contributed by atoms with Crippen LogP contribution in [0.5, 0.6) is 0 Å². The topological polar surface area (TPSA) is 112 Å². The predicted molar refractivity (Wildman–Crippen MR) is 99.5 cm³/mol. The first kappa shape index (κ1) is 19.7. The Kier molecular flexibility index (Phi) is 6.07. The summed E-state index contributed by atoms with van der Waals surface area (Å²) in [5.74, 6) is -0.615. The van der Waals surface area contributed by atoms with Crippen molar-refractivity contribution in [3.05, 3.63) is 40.9 Å². The molecule has 1 fully saturated rings. The Morgan fingerprint density at radius 2 is 2.07 bits per heavy atom. The van der Waals surface area contributed by atoms with Crippen LogP contribution in [-0.2, 0) is 21.4 Å². The highest BCUT2D eigenvalue weighted by atomic mass is 32.2. The zero-order valence-corrected chi connectivity index (χ0v) is 16.3. The molecule has 2 N–H and O–H groups in total. The van der Waals surface area contributed by atoms with Crippen molar-refractivity contribution in [1.29, 1.82) is 0 Å². The minimum Gasteiger partial charge on any atom is -0.380 e. The molecule has 0 atom stereocenters. The summed E-state index contributed by atoms with van der Waals surface area (Å²) >= 11 is 1.15. The molecule has 27 heavy (non-hydrogen) atoms. The van der Waals surface area contributed by atoms with Crippen LogP contribution in [0.25, 0.3) is 0 Å². The fourth-order valence-corrected chi connectivity index (χ4v) is 5.15. The number of aromatic nitrogens is 1. The lowest BCUT2D eigenvalue weighted by Crippen LogP contribution is -2.48. The van der Waals surface area contributed by atoms with E-state index in [0.29, 0.717) is 37.9 Å². The maximum atomic E-state index is 12.9. The lowest BCUT2D eigenvalue weighted by Gasteiger charge is -2.33. The van der Waals surface area contributed by atoms with Crippen molar-refractivity contribution in [2.45, 2.75) is 11.5 Å². The molecule has 11 heteroatoms. The molecule has 1 aliphatic rings. The summed E-state index contributed by atoms with van der Waals surface area (Å²) in [7, 11) is -2.02. The summed E-state index contributed by atoms with van der Waals surface area (Å²) in [6, 6.07) is 6.75. The lowest BCUT2D eigenvalue weighted by atomic mass is 10.2. The molecule has 2 aromatic rings. The van der Waals surface area contributed by atoms with E-state index in [1.54, 1.807) is 30.8 Å². The number of piperazine rings is 1. The van der Waals surface area contributed by atoms with Crippen molar-refractivity contribution in [1.82, 2.24) is 14.8 Å². The van der Waals surface area contributed by atoms with E-state index < -0.39 is 15.9 Å². The molecule has 0 bridgehead atoms. The number of carbonyl (C=O) groups is 1. The molecule has 0 radical (unpaired) electrons. The molecule has 1 aromatic heterocycles. The van der Waals surface area contributed by atoms with Gasteiger partial charge in [-0.1, -0.05) is 23.5 Å². The SMILES string of the molecule is COCc1cccc(S(=O)(=O)N2CCN(c3ncc(C(=O)NO)s3)CC2)c1. The average molecular weight is 412 g/mol. The molecule has 9 nitrogen and oxygen atoms in total. The number of nitrogens with one attached hydrogen (secondary N) is 1. The van der Waals surface area contributed by atoms with Gasteiger partial charge in [-0.05, 0) is 17.7 Å². The van der Waals surface area contributed by atoms with E-state index in [9.17, 15) is 13.2 Å². The maximum absolute atomic E-state index is 12.9. The van der Waals surface area contributed by atoms with Gasteiger partial charge in [0.25, 0.3) is 5.91 Å². The molecule has 0 spiro atoms. The second-order valence-electron chi connectivity index (χ2n) is 5.92. The molecule has 0 aliphatic carbocycles. The fourth-order valence-electron chi connectivity index (χ4n) is 2.80. The number of rotatable bonds is 6. The standard InChI is InChI=1S/C16H20N4O5S2/c1-25-11-12-3-2-4-13(9-12)27(23,24)20-7-5-19(6-8-20)16-17-10-14(26-16)15(21)18-22/h2-4,9-10,22H,5-8,11H2,1H3,(H,18,21). The number of sulfonamides is 1. The zero-order chi connectivity index (χ0) is 19.4. The van der Waals surface area contributed by atoms with E-state index >= 15 is 0 Å². The van der Waals surface area contributed by atoms with Crippen LogP contribution < -0.4 is 10.4 Å². The Hall–Kier alpha value is -2.05. The second kappa shape index (κ2) is 8.31. The van der Waals surface area contributed by atoms with Crippen LogP contribution in [0.15, 0.2) is 35.4 Å². The van der Waals surface area contributed by atoms with Crippen molar-refractivity contribution < 1.29 is 23.2 Å². The van der Waals surface area contributed by atoms with E-state index in [1.807, 2.05) is 11.0 Å². The first-order valence-corrected chi connectivity index (χ1v) is 10.4. The molecule has 1 aromatic carbocycles. The van der Waals surface area contributed by atoms with Gasteiger partial charge in [-0.15, -0.1) is 0 Å². The van der Waals surface area contributed by atoms with Gasteiger partial charge in [-0.2, -0.15) is 4.31 Å². The van der Waals surface area contributed by atoms with Gasteiger partial charge in [-0.3, -0.25) is 10.0 Å². The number of nitrogens with zero attached hydrogens (tertiary/aromatic N) is 3. The normalized spacial score (nSPS) is 15.7. The van der Waals surface area contributed by atoms with E-state index in [2.05, 4.69) is 4.98 Å². The summed E-state index contributed by atoms with van der Waals surface area (Å²) in [6.07, 6.45) is 1.38. The largest absolute Gasteiger partial charge is 0.380 e. The molecular weight excluding hydrogens is 392 g/mol. The molecule has 1 aliphatic heterocycles. The van der Waals surface area contributed by atoms with Crippen molar-refractivity contribution in [3.8, 4) is 0 Å². The number of ether oxygens (including phenoxy) is 1. The van der Waals surface area contributed by atoms with E-state index in [4.69, 9.17) is 9.94 Å². The summed E-state index contributed by atoms with van der Waals surface area (Å²) < 4.78 is 32.3. The number of anilines is 1. The summed E-state index contributed by atoms with van der Waals surface area (Å²) in [5, 5.41) is 9.30. The van der Waals surface area contributed by atoms with Crippen LogP contribution in [0.2, 0.25) is 0 Å². The fraction of sp³-hybridized carbons (Fsp3) is 0.375. The van der Waals surface area contributed by atoms with Gasteiger partial charge in [0, 0.05) is 33.3 Å². The minimum atomic E-state index is -3.58. The Morgan fingerprint density at radius 3 is 2.74 bits per heavy atom. The molecule has 146 valence electrons. The van der Waals surface area contributed by atoms with Crippen molar-refractivity contribution in [2.24, 2.45) is 0 Å². The Balaban J connectivity index is 1.68. The molecule has 1 amide bonds. The smallest absolute Gasteiger partial charge is 0.286 e. The molecule has 3 rings (SSSR count). The molecular formula is C16H20N4O5S2. The summed E-state index contributed by atoms with van der Waals surface area (Å²) in [5.41, 5.74) is 2.37. The molecule has 1 saturated heterocycles. The summed E-state index contributed by atoms with van der Waals surface area (Å²) in [4.78, 5) is 18.1. The minimum absolute atomic E-state index is 0.252. The first-order valence-electron chi connectivity index (χ1n) is 8.19. The highest BCUT2D eigenvalue weighted by molar-refractivity contribution is 7.89. The van der Waals surface area contributed by atoms with E-state index in [-0.39, 0.29) is 9.77 Å². The third-order valence-electron chi connectivity index (χ3n) is 4.18. The second-order valence-corrected chi connectivity index (χ2v) is 8.87. The number of methoxy groups -OCH3 is 1. The van der Waals surface area contributed by atoms with E-state index in [0.717, 1.165) is 16.9 Å². The van der Waals surface area contributed by atoms with Gasteiger partial charge in [0.1, 0.15) is 4.88 Å². The summed E-state index contributed by atoms with van der Waals surface area (Å²) in [6.45, 7) is 1.91. The number of amides is 1. The number of hydrogen-bond acceptors (Lipinski definition) is 8. The van der Waals surface area contributed by atoms with Crippen LogP contribution in [0.4, 0.5) is 5.13 Å². The van der Waals surface area contributed by atoms with Crippen molar-refractivity contribution in [2.75, 3.05) is 38.2 Å². The number of benzene rings is 1. The maximum Gasteiger partial charge on any atom is 0.286 e. The van der Waals surface area contributed by atoms with Crippen molar-refractivity contribution in [3.63, 3.8) is 0 Å². The predicted octanol–water partition coefficient (Wildman–Crippen LogP) is 0.919. The first-order chi connectivity index (χ1) is 13.0. The highest BCUT2D eigenvalue weighted by Gasteiger charge is 2.29. The van der Waals surface area contributed by atoms with Gasteiger partial charge in [0.05, 0.1) is 17.7 Å². The van der Waals surface area contributed by atoms with Crippen molar-refractivity contribution >= 4 is 32.4 Å². The van der Waals surface area contributed by atoms with Crippen LogP contribution >= 0.6 is 11.3 Å². The number of hydroxylamine groups is 1. The van der Waals surface area contributed by atoms with Crippen LogP contribution in [0.1, 0.15) is 15.2 Å². The van der Waals surface area contributed by atoms with Gasteiger partial charge < -0.3 is 9.64 Å². The van der Waals surface area contributed by atoms with Gasteiger partial charge in [0.2, 0.25) is 10.0 Å². The van der Waals surface area contributed by atoms with Gasteiger partial charge in [-0.25, -0.2) is 18.9 Å². The third kappa shape index (κ3) is 4.28. The zero-order valence-electron chi connectivity index (χ0n) is 14.7.